The lowest BCUT2D eigenvalue weighted by molar-refractivity contribution is 0.0955. The van der Waals surface area contributed by atoms with E-state index in [2.05, 4.69) is 10.5 Å². The van der Waals surface area contributed by atoms with Gasteiger partial charge in [-0.3, -0.25) is 4.79 Å². The number of carbonyl (C=O) groups is 1. The summed E-state index contributed by atoms with van der Waals surface area (Å²) in [6.45, 7) is 1.92. The van der Waals surface area contributed by atoms with Gasteiger partial charge in [-0.1, -0.05) is 30.1 Å². The second kappa shape index (κ2) is 7.29. The van der Waals surface area contributed by atoms with Crippen molar-refractivity contribution in [3.8, 4) is 5.75 Å². The fourth-order valence-electron chi connectivity index (χ4n) is 1.85. The number of rotatable bonds is 4. The van der Waals surface area contributed by atoms with Gasteiger partial charge in [-0.25, -0.2) is 5.43 Å². The van der Waals surface area contributed by atoms with Crippen molar-refractivity contribution in [2.75, 3.05) is 0 Å². The third-order valence-corrected chi connectivity index (χ3v) is 3.55. The smallest absolute Gasteiger partial charge is 0.272 e. The van der Waals surface area contributed by atoms with Gasteiger partial charge in [0.05, 0.1) is 16.3 Å². The van der Waals surface area contributed by atoms with Gasteiger partial charge in [0.2, 0.25) is 0 Å². The van der Waals surface area contributed by atoms with Crippen molar-refractivity contribution in [2.24, 2.45) is 5.10 Å². The summed E-state index contributed by atoms with van der Waals surface area (Å²) in [5.41, 5.74) is 4.30. The lowest BCUT2D eigenvalue weighted by atomic mass is 10.1. The van der Waals surface area contributed by atoms with Gasteiger partial charge in [0, 0.05) is 5.02 Å². The molecule has 0 bridgehead atoms. The Labute approximate surface area is 138 Å². The summed E-state index contributed by atoms with van der Waals surface area (Å²) in [7, 11) is 0. The molecule has 2 rings (SSSR count). The molecule has 2 N–H and O–H groups in total. The Morgan fingerprint density at radius 2 is 1.86 bits per heavy atom. The van der Waals surface area contributed by atoms with E-state index in [1.165, 1.54) is 6.07 Å². The Morgan fingerprint density at radius 1 is 1.18 bits per heavy atom. The average Bonchev–Trinajstić information content (AvgIpc) is 2.49. The Hall–Kier alpha value is -2.04. The molecular weight excluding hydrogens is 323 g/mol. The van der Waals surface area contributed by atoms with Crippen LogP contribution in [0, 0.1) is 0 Å². The standard InChI is InChI=1S/C16H14Cl2N2O2/c1-2-15(10-3-6-12(21)7-4-10)19-20-16(22)13-8-5-11(17)9-14(13)18/h3-9,21H,2H2,1H3,(H,20,22)/b19-15+. The first-order valence-corrected chi connectivity index (χ1v) is 7.38. The number of carbonyl (C=O) groups excluding carboxylic acids is 1. The lowest BCUT2D eigenvalue weighted by Crippen LogP contribution is -2.20. The van der Waals surface area contributed by atoms with Crippen molar-refractivity contribution in [3.63, 3.8) is 0 Å². The molecule has 0 unspecified atom stereocenters. The molecule has 0 heterocycles. The molecule has 4 nitrogen and oxygen atoms in total. The van der Waals surface area contributed by atoms with E-state index in [1.54, 1.807) is 36.4 Å². The quantitative estimate of drug-likeness (QED) is 0.647. The zero-order valence-corrected chi connectivity index (χ0v) is 13.3. The molecule has 0 radical (unpaired) electrons. The number of hydrazone groups is 1. The van der Waals surface area contributed by atoms with E-state index < -0.39 is 5.91 Å². The maximum atomic E-state index is 12.1. The Morgan fingerprint density at radius 3 is 2.45 bits per heavy atom. The molecule has 22 heavy (non-hydrogen) atoms. The number of nitrogens with zero attached hydrogens (tertiary/aromatic N) is 1. The third-order valence-electron chi connectivity index (χ3n) is 3.00. The highest BCUT2D eigenvalue weighted by Crippen LogP contribution is 2.20. The number of phenolic OH excluding ortho intramolecular Hbond substituents is 1. The number of benzene rings is 2. The summed E-state index contributed by atoms with van der Waals surface area (Å²) in [6.07, 6.45) is 0.624. The summed E-state index contributed by atoms with van der Waals surface area (Å²) < 4.78 is 0. The van der Waals surface area contributed by atoms with E-state index in [-0.39, 0.29) is 10.8 Å². The van der Waals surface area contributed by atoms with Crippen LogP contribution in [-0.2, 0) is 0 Å². The van der Waals surface area contributed by atoms with Crippen molar-refractivity contribution < 1.29 is 9.90 Å². The van der Waals surface area contributed by atoms with Crippen LogP contribution < -0.4 is 5.43 Å². The molecule has 1 amide bonds. The van der Waals surface area contributed by atoms with Gasteiger partial charge >= 0.3 is 0 Å². The largest absolute Gasteiger partial charge is 0.508 e. The second-order valence-electron chi connectivity index (χ2n) is 4.52. The fourth-order valence-corrected chi connectivity index (χ4v) is 2.35. The minimum Gasteiger partial charge on any atom is -0.508 e. The SMILES string of the molecule is CC/C(=N\NC(=O)c1ccc(Cl)cc1Cl)c1ccc(O)cc1. The highest BCUT2D eigenvalue weighted by atomic mass is 35.5. The van der Waals surface area contributed by atoms with Gasteiger partial charge in [-0.2, -0.15) is 5.10 Å². The van der Waals surface area contributed by atoms with Crippen LogP contribution >= 0.6 is 23.2 Å². The first kappa shape index (κ1) is 16.3. The van der Waals surface area contributed by atoms with Gasteiger partial charge in [-0.15, -0.1) is 0 Å². The number of amides is 1. The van der Waals surface area contributed by atoms with E-state index in [4.69, 9.17) is 23.2 Å². The van der Waals surface area contributed by atoms with Gasteiger partial charge < -0.3 is 5.11 Å². The molecule has 114 valence electrons. The summed E-state index contributed by atoms with van der Waals surface area (Å²) in [5.74, 6) is -0.234. The van der Waals surface area contributed by atoms with Crippen LogP contribution in [0.25, 0.3) is 0 Å². The van der Waals surface area contributed by atoms with Crippen LogP contribution in [0.5, 0.6) is 5.75 Å². The molecule has 0 aliphatic heterocycles. The predicted octanol–water partition coefficient (Wildman–Crippen LogP) is 4.24. The lowest BCUT2D eigenvalue weighted by Gasteiger charge is -2.07. The summed E-state index contributed by atoms with van der Waals surface area (Å²) in [4.78, 5) is 12.1. The Bertz CT molecular complexity index is 713. The molecule has 6 heteroatoms. The normalized spacial score (nSPS) is 11.3. The van der Waals surface area contributed by atoms with Crippen LogP contribution in [0.3, 0.4) is 0 Å². The summed E-state index contributed by atoms with van der Waals surface area (Å²) in [6, 6.07) is 11.2. The maximum Gasteiger partial charge on any atom is 0.272 e. The number of phenols is 1. The predicted molar refractivity (Wildman–Crippen MR) is 88.9 cm³/mol. The number of hydrogen-bond donors (Lipinski definition) is 2. The van der Waals surface area contributed by atoms with E-state index in [1.807, 2.05) is 6.92 Å². The fraction of sp³-hybridized carbons (Fsp3) is 0.125. The molecule has 0 aliphatic carbocycles. The van der Waals surface area contributed by atoms with Gasteiger partial charge in [0.15, 0.2) is 0 Å². The second-order valence-corrected chi connectivity index (χ2v) is 5.37. The maximum absolute atomic E-state index is 12.1. The Kier molecular flexibility index (Phi) is 5.41. The first-order valence-electron chi connectivity index (χ1n) is 6.62. The highest BCUT2D eigenvalue weighted by Gasteiger charge is 2.10. The molecule has 0 saturated carbocycles. The Balaban J connectivity index is 2.17. The highest BCUT2D eigenvalue weighted by molar-refractivity contribution is 6.36. The van der Waals surface area contributed by atoms with E-state index in [0.717, 1.165) is 5.56 Å². The number of hydrogen-bond acceptors (Lipinski definition) is 3. The minimum atomic E-state index is -0.411. The van der Waals surface area contributed by atoms with Crippen molar-refractivity contribution in [1.29, 1.82) is 0 Å². The number of aromatic hydroxyl groups is 1. The van der Waals surface area contributed by atoms with Crippen molar-refractivity contribution >= 4 is 34.8 Å². The van der Waals surface area contributed by atoms with Crippen molar-refractivity contribution in [1.82, 2.24) is 5.43 Å². The zero-order chi connectivity index (χ0) is 16.1. The number of nitrogens with one attached hydrogen (secondary N) is 1. The van der Waals surface area contributed by atoms with E-state index in [0.29, 0.717) is 22.7 Å². The van der Waals surface area contributed by atoms with Crippen LogP contribution in [0.4, 0.5) is 0 Å². The number of halogens is 2. The van der Waals surface area contributed by atoms with Crippen LogP contribution in [-0.4, -0.2) is 16.7 Å². The van der Waals surface area contributed by atoms with Crippen LogP contribution in [0.1, 0.15) is 29.3 Å². The molecule has 0 aromatic heterocycles. The summed E-state index contributed by atoms with van der Waals surface area (Å²) >= 11 is 11.8. The van der Waals surface area contributed by atoms with E-state index >= 15 is 0 Å². The van der Waals surface area contributed by atoms with Crippen molar-refractivity contribution in [2.45, 2.75) is 13.3 Å². The van der Waals surface area contributed by atoms with Gasteiger partial charge in [0.25, 0.3) is 5.91 Å². The molecule has 0 aliphatic rings. The average molecular weight is 337 g/mol. The third kappa shape index (κ3) is 4.00. The molecule has 2 aromatic carbocycles. The topological polar surface area (TPSA) is 61.7 Å². The molecular formula is C16H14Cl2N2O2. The molecule has 0 atom stereocenters. The first-order chi connectivity index (χ1) is 10.5. The molecule has 2 aromatic rings. The molecule has 0 fully saturated rings. The van der Waals surface area contributed by atoms with Crippen LogP contribution in [0.15, 0.2) is 47.6 Å². The van der Waals surface area contributed by atoms with Gasteiger partial charge in [0.1, 0.15) is 5.75 Å². The van der Waals surface area contributed by atoms with Crippen molar-refractivity contribution in [3.05, 3.63) is 63.6 Å². The monoisotopic (exact) mass is 336 g/mol. The minimum absolute atomic E-state index is 0.177. The summed E-state index contributed by atoms with van der Waals surface area (Å²) in [5, 5.41) is 14.1. The van der Waals surface area contributed by atoms with Gasteiger partial charge in [-0.05, 0) is 54.4 Å². The molecule has 0 saturated heterocycles. The molecule has 0 spiro atoms. The van der Waals surface area contributed by atoms with Crippen LogP contribution in [0.2, 0.25) is 10.0 Å². The van der Waals surface area contributed by atoms with E-state index in [9.17, 15) is 9.90 Å². The zero-order valence-electron chi connectivity index (χ0n) is 11.8.